The molecule has 0 radical (unpaired) electrons. The minimum absolute atomic E-state index is 0.113. The van der Waals surface area contributed by atoms with E-state index in [2.05, 4.69) is 4.90 Å². The molecular formula is C21H28N2O6. The Balaban J connectivity index is 1.46. The third kappa shape index (κ3) is 4.10. The number of phenolic OH excluding ortho intramolecular Hbond substituents is 1. The van der Waals surface area contributed by atoms with Crippen LogP contribution in [-0.4, -0.2) is 90.5 Å². The summed E-state index contributed by atoms with van der Waals surface area (Å²) in [6.07, 6.45) is 1.16. The van der Waals surface area contributed by atoms with Gasteiger partial charge in [0.25, 0.3) is 5.91 Å². The van der Waals surface area contributed by atoms with Gasteiger partial charge in [0.1, 0.15) is 5.75 Å². The molecule has 29 heavy (non-hydrogen) atoms. The first-order valence-corrected chi connectivity index (χ1v) is 10.2. The number of likely N-dealkylation sites (tertiary alicyclic amines) is 1. The lowest BCUT2D eigenvalue weighted by molar-refractivity contribution is -0.0520. The van der Waals surface area contributed by atoms with Gasteiger partial charge in [0.2, 0.25) is 0 Å². The summed E-state index contributed by atoms with van der Waals surface area (Å²) in [5, 5.41) is 20.6. The van der Waals surface area contributed by atoms with Gasteiger partial charge < -0.3 is 24.6 Å². The molecule has 0 unspecified atom stereocenters. The first-order valence-electron chi connectivity index (χ1n) is 10.2. The molecule has 0 aromatic heterocycles. The Morgan fingerprint density at radius 3 is 2.41 bits per heavy atom. The molecule has 8 heteroatoms. The molecule has 4 atom stereocenters. The van der Waals surface area contributed by atoms with Gasteiger partial charge in [-0.3, -0.25) is 9.69 Å². The van der Waals surface area contributed by atoms with E-state index in [-0.39, 0.29) is 34.7 Å². The maximum Gasteiger partial charge on any atom is 0.338 e. The van der Waals surface area contributed by atoms with Crippen LogP contribution in [-0.2, 0) is 9.47 Å². The molecule has 2 heterocycles. The van der Waals surface area contributed by atoms with Crippen LogP contribution in [0.15, 0.2) is 18.2 Å². The number of phenols is 1. The van der Waals surface area contributed by atoms with Crippen LogP contribution in [0, 0.1) is 11.8 Å². The molecule has 2 aliphatic heterocycles. The van der Waals surface area contributed by atoms with Crippen LogP contribution in [0.5, 0.6) is 5.75 Å². The molecule has 3 fully saturated rings. The van der Waals surface area contributed by atoms with Gasteiger partial charge in [-0.2, -0.15) is 0 Å². The second kappa shape index (κ2) is 8.30. The van der Waals surface area contributed by atoms with Crippen LogP contribution in [0.1, 0.15) is 33.6 Å². The summed E-state index contributed by atoms with van der Waals surface area (Å²) in [6, 6.07) is 4.24. The molecule has 158 valence electrons. The van der Waals surface area contributed by atoms with Crippen molar-refractivity contribution in [2.24, 2.45) is 11.8 Å². The van der Waals surface area contributed by atoms with Crippen LogP contribution in [0.2, 0.25) is 0 Å². The van der Waals surface area contributed by atoms with Crippen molar-refractivity contribution in [3.63, 3.8) is 0 Å². The highest BCUT2D eigenvalue weighted by Crippen LogP contribution is 2.39. The number of nitrogens with zero attached hydrogens (tertiary/aromatic N) is 2. The van der Waals surface area contributed by atoms with E-state index >= 15 is 0 Å². The normalized spacial score (nSPS) is 30.1. The first-order chi connectivity index (χ1) is 14.0. The molecule has 3 aliphatic rings. The maximum absolute atomic E-state index is 13.0. The van der Waals surface area contributed by atoms with Crippen molar-refractivity contribution in [2.45, 2.75) is 25.0 Å². The van der Waals surface area contributed by atoms with Crippen molar-refractivity contribution < 1.29 is 29.3 Å². The highest BCUT2D eigenvalue weighted by molar-refractivity contribution is 5.98. The van der Waals surface area contributed by atoms with E-state index in [9.17, 15) is 19.8 Å². The molecule has 0 spiro atoms. The number of benzene rings is 1. The highest BCUT2D eigenvalue weighted by Gasteiger charge is 2.44. The standard InChI is InChI=1S/C21H28N2O6/c1-28-21(27)14-6-13(7-17(24)8-14)20(26)23-11-15-9-18(19(25)10-16(15)12-23)22-2-4-29-5-3-22/h6-8,15-16,18-19,24-25H,2-5,9-12H2,1H3/t15-,16+,18-,19-/m1/s1. The molecule has 0 bridgehead atoms. The summed E-state index contributed by atoms with van der Waals surface area (Å²) in [4.78, 5) is 28.9. The van der Waals surface area contributed by atoms with E-state index in [1.54, 1.807) is 4.90 Å². The van der Waals surface area contributed by atoms with Crippen molar-refractivity contribution in [1.82, 2.24) is 9.80 Å². The quantitative estimate of drug-likeness (QED) is 0.716. The summed E-state index contributed by atoms with van der Waals surface area (Å²) < 4.78 is 10.1. The van der Waals surface area contributed by atoms with Gasteiger partial charge in [-0.05, 0) is 42.9 Å². The number of rotatable bonds is 3. The number of methoxy groups -OCH3 is 1. The van der Waals surface area contributed by atoms with Crippen LogP contribution >= 0.6 is 0 Å². The average molecular weight is 404 g/mol. The number of carbonyl (C=O) groups is 2. The third-order valence-electron chi connectivity index (χ3n) is 6.50. The van der Waals surface area contributed by atoms with E-state index in [1.807, 2.05) is 0 Å². The van der Waals surface area contributed by atoms with Crippen molar-refractivity contribution >= 4 is 11.9 Å². The van der Waals surface area contributed by atoms with E-state index < -0.39 is 12.1 Å². The fourth-order valence-corrected chi connectivity index (χ4v) is 5.03. The van der Waals surface area contributed by atoms with Crippen LogP contribution in [0.3, 0.4) is 0 Å². The predicted molar refractivity (Wildman–Crippen MR) is 104 cm³/mol. The number of hydrogen-bond acceptors (Lipinski definition) is 7. The molecule has 1 aromatic carbocycles. The summed E-state index contributed by atoms with van der Waals surface area (Å²) in [5.74, 6) is -0.341. The molecule has 1 amide bonds. The summed E-state index contributed by atoms with van der Waals surface area (Å²) >= 11 is 0. The molecule has 2 saturated heterocycles. The molecular weight excluding hydrogens is 376 g/mol. The number of amides is 1. The Bertz CT molecular complexity index is 778. The topological polar surface area (TPSA) is 99.5 Å². The number of aromatic hydroxyl groups is 1. The van der Waals surface area contributed by atoms with Gasteiger partial charge in [0.15, 0.2) is 0 Å². The average Bonchev–Trinajstić information content (AvgIpc) is 3.14. The second-order valence-corrected chi connectivity index (χ2v) is 8.24. The predicted octanol–water partition coefficient (Wildman–Crippen LogP) is 0.722. The van der Waals surface area contributed by atoms with Crippen molar-refractivity contribution in [3.8, 4) is 5.75 Å². The number of fused-ring (bicyclic) bond motifs is 1. The lowest BCUT2D eigenvalue weighted by atomic mass is 9.77. The van der Waals surface area contributed by atoms with Gasteiger partial charge in [-0.25, -0.2) is 4.79 Å². The number of hydrogen-bond donors (Lipinski definition) is 2. The Labute approximate surface area is 170 Å². The Morgan fingerprint density at radius 1 is 1.07 bits per heavy atom. The second-order valence-electron chi connectivity index (χ2n) is 8.24. The zero-order chi connectivity index (χ0) is 20.5. The highest BCUT2D eigenvalue weighted by atomic mass is 16.5. The smallest absolute Gasteiger partial charge is 0.338 e. The Kier molecular flexibility index (Phi) is 5.76. The van der Waals surface area contributed by atoms with E-state index in [4.69, 9.17) is 9.47 Å². The van der Waals surface area contributed by atoms with Gasteiger partial charge in [0, 0.05) is 37.8 Å². The fourth-order valence-electron chi connectivity index (χ4n) is 5.03. The Morgan fingerprint density at radius 2 is 1.72 bits per heavy atom. The van der Waals surface area contributed by atoms with Crippen molar-refractivity contribution in [2.75, 3.05) is 46.5 Å². The van der Waals surface area contributed by atoms with Gasteiger partial charge in [0.05, 0.1) is 32.0 Å². The maximum atomic E-state index is 13.0. The molecule has 1 aromatic rings. The van der Waals surface area contributed by atoms with E-state index in [0.717, 1.165) is 19.5 Å². The van der Waals surface area contributed by atoms with Crippen LogP contribution < -0.4 is 0 Å². The molecule has 2 N–H and O–H groups in total. The van der Waals surface area contributed by atoms with Gasteiger partial charge in [-0.15, -0.1) is 0 Å². The minimum atomic E-state index is -0.596. The Hall–Kier alpha value is -2.16. The molecule has 8 nitrogen and oxygen atoms in total. The van der Waals surface area contributed by atoms with E-state index in [1.165, 1.54) is 25.3 Å². The summed E-state index contributed by atoms with van der Waals surface area (Å²) in [6.45, 7) is 4.27. The number of morpholine rings is 1. The molecule has 1 saturated carbocycles. The number of carbonyl (C=O) groups excluding carboxylic acids is 2. The van der Waals surface area contributed by atoms with Gasteiger partial charge in [-0.1, -0.05) is 0 Å². The first kappa shape index (κ1) is 20.1. The number of ether oxygens (including phenoxy) is 2. The number of aliphatic hydroxyl groups excluding tert-OH is 1. The monoisotopic (exact) mass is 404 g/mol. The number of esters is 1. The fraction of sp³-hybridized carbons (Fsp3) is 0.619. The summed E-state index contributed by atoms with van der Waals surface area (Å²) in [7, 11) is 1.26. The molecule has 1 aliphatic carbocycles. The lowest BCUT2D eigenvalue weighted by Crippen LogP contribution is -2.53. The van der Waals surface area contributed by atoms with Crippen molar-refractivity contribution in [3.05, 3.63) is 29.3 Å². The zero-order valence-corrected chi connectivity index (χ0v) is 16.6. The summed E-state index contributed by atoms with van der Waals surface area (Å²) in [5.41, 5.74) is 0.421. The number of aliphatic hydroxyl groups is 1. The van der Waals surface area contributed by atoms with Crippen LogP contribution in [0.4, 0.5) is 0 Å². The SMILES string of the molecule is COC(=O)c1cc(O)cc(C(=O)N2C[C@H]3C[C@@H](N4CCOCC4)[C@H](O)C[C@H]3C2)c1. The molecule has 4 rings (SSSR count). The van der Waals surface area contributed by atoms with E-state index in [0.29, 0.717) is 38.6 Å². The van der Waals surface area contributed by atoms with Crippen molar-refractivity contribution in [1.29, 1.82) is 0 Å². The third-order valence-corrected chi connectivity index (χ3v) is 6.50. The largest absolute Gasteiger partial charge is 0.508 e. The zero-order valence-electron chi connectivity index (χ0n) is 16.6. The lowest BCUT2D eigenvalue weighted by Gasteiger charge is -2.43. The minimum Gasteiger partial charge on any atom is -0.508 e. The van der Waals surface area contributed by atoms with Gasteiger partial charge >= 0.3 is 5.97 Å². The van der Waals surface area contributed by atoms with Crippen LogP contribution in [0.25, 0.3) is 0 Å².